The number of halogens is 1. The number of rotatable bonds is 4. The Bertz CT molecular complexity index is 630. The Morgan fingerprint density at radius 3 is 2.62 bits per heavy atom. The molecule has 0 radical (unpaired) electrons. The summed E-state index contributed by atoms with van der Waals surface area (Å²) >= 11 is 3.64. The van der Waals surface area contributed by atoms with Crippen molar-refractivity contribution in [3.05, 3.63) is 58.1 Å². The van der Waals surface area contributed by atoms with Crippen molar-refractivity contribution in [3.63, 3.8) is 0 Å². The van der Waals surface area contributed by atoms with Gasteiger partial charge in [-0.3, -0.25) is 0 Å². The zero-order chi connectivity index (χ0) is 14.7. The second-order valence-electron chi connectivity index (χ2n) is 4.92. The maximum atomic E-state index is 5.69. The Morgan fingerprint density at radius 2 is 1.86 bits per heavy atom. The predicted molar refractivity (Wildman–Crippen MR) is 87.1 cm³/mol. The lowest BCUT2D eigenvalue weighted by atomic mass is 9.98. The van der Waals surface area contributed by atoms with E-state index >= 15 is 0 Å². The molecule has 1 unspecified atom stereocenters. The van der Waals surface area contributed by atoms with E-state index in [-0.39, 0.29) is 6.04 Å². The number of hydrogen-bond acceptors (Lipinski definition) is 3. The summed E-state index contributed by atoms with van der Waals surface area (Å²) < 4.78 is 12.4. The molecule has 4 heteroatoms. The standard InChI is InChI=1S/C17H18BrNO2/c1-2-19-17(13-5-3-4-6-14(13)18)12-7-8-15-16(11-12)21-10-9-20-15/h3-8,11,17,19H,2,9-10H2,1H3. The third-order valence-electron chi connectivity index (χ3n) is 3.52. The van der Waals surface area contributed by atoms with Crippen LogP contribution in [0.2, 0.25) is 0 Å². The van der Waals surface area contributed by atoms with Gasteiger partial charge >= 0.3 is 0 Å². The number of fused-ring (bicyclic) bond motifs is 1. The lowest BCUT2D eigenvalue weighted by Crippen LogP contribution is -2.23. The van der Waals surface area contributed by atoms with E-state index in [9.17, 15) is 0 Å². The van der Waals surface area contributed by atoms with Crippen LogP contribution in [0.4, 0.5) is 0 Å². The van der Waals surface area contributed by atoms with Crippen LogP contribution in [0, 0.1) is 0 Å². The fraction of sp³-hybridized carbons (Fsp3) is 0.294. The quantitative estimate of drug-likeness (QED) is 0.909. The lowest BCUT2D eigenvalue weighted by molar-refractivity contribution is 0.171. The Kier molecular flexibility index (Phi) is 4.46. The second-order valence-corrected chi connectivity index (χ2v) is 5.77. The molecule has 1 N–H and O–H groups in total. The molecule has 0 bridgehead atoms. The topological polar surface area (TPSA) is 30.5 Å². The van der Waals surface area contributed by atoms with Crippen molar-refractivity contribution >= 4 is 15.9 Å². The Hall–Kier alpha value is -1.52. The van der Waals surface area contributed by atoms with Gasteiger partial charge in [0.2, 0.25) is 0 Å². The van der Waals surface area contributed by atoms with Gasteiger partial charge in [0.15, 0.2) is 11.5 Å². The van der Waals surface area contributed by atoms with Crippen molar-refractivity contribution in [2.45, 2.75) is 13.0 Å². The Morgan fingerprint density at radius 1 is 1.10 bits per heavy atom. The molecule has 0 saturated carbocycles. The van der Waals surface area contributed by atoms with Crippen LogP contribution in [0.1, 0.15) is 24.1 Å². The van der Waals surface area contributed by atoms with Gasteiger partial charge in [-0.05, 0) is 35.9 Å². The van der Waals surface area contributed by atoms with Gasteiger partial charge < -0.3 is 14.8 Å². The van der Waals surface area contributed by atoms with E-state index in [0.29, 0.717) is 13.2 Å². The highest BCUT2D eigenvalue weighted by atomic mass is 79.9. The lowest BCUT2D eigenvalue weighted by Gasteiger charge is -2.23. The van der Waals surface area contributed by atoms with Crippen molar-refractivity contribution in [2.24, 2.45) is 0 Å². The smallest absolute Gasteiger partial charge is 0.161 e. The normalized spacial score (nSPS) is 14.8. The first-order valence-corrected chi connectivity index (χ1v) is 7.96. The van der Waals surface area contributed by atoms with Gasteiger partial charge in [0, 0.05) is 4.47 Å². The molecular formula is C17H18BrNO2. The molecular weight excluding hydrogens is 330 g/mol. The average molecular weight is 348 g/mol. The Balaban J connectivity index is 1.99. The summed E-state index contributed by atoms with van der Waals surface area (Å²) in [7, 11) is 0. The molecule has 0 spiro atoms. The summed E-state index contributed by atoms with van der Waals surface area (Å²) in [4.78, 5) is 0. The minimum atomic E-state index is 0.126. The van der Waals surface area contributed by atoms with Crippen LogP contribution in [0.15, 0.2) is 46.9 Å². The molecule has 21 heavy (non-hydrogen) atoms. The first-order chi connectivity index (χ1) is 10.3. The summed E-state index contributed by atoms with van der Waals surface area (Å²) in [6, 6.07) is 14.6. The molecule has 2 aromatic carbocycles. The first kappa shape index (κ1) is 14.4. The van der Waals surface area contributed by atoms with Gasteiger partial charge in [-0.15, -0.1) is 0 Å². The van der Waals surface area contributed by atoms with Crippen LogP contribution in [0.25, 0.3) is 0 Å². The molecule has 110 valence electrons. The van der Waals surface area contributed by atoms with E-state index < -0.39 is 0 Å². The maximum absolute atomic E-state index is 5.69. The maximum Gasteiger partial charge on any atom is 0.161 e. The van der Waals surface area contributed by atoms with Crippen LogP contribution in [-0.4, -0.2) is 19.8 Å². The number of hydrogen-bond donors (Lipinski definition) is 1. The minimum Gasteiger partial charge on any atom is -0.486 e. The Labute approximate surface area is 133 Å². The van der Waals surface area contributed by atoms with Crippen molar-refractivity contribution in [1.29, 1.82) is 0 Å². The van der Waals surface area contributed by atoms with Crippen LogP contribution in [0.3, 0.4) is 0 Å². The molecule has 0 aliphatic carbocycles. The van der Waals surface area contributed by atoms with E-state index in [4.69, 9.17) is 9.47 Å². The molecule has 2 aromatic rings. The van der Waals surface area contributed by atoms with Crippen molar-refractivity contribution in [2.75, 3.05) is 19.8 Å². The summed E-state index contributed by atoms with van der Waals surface area (Å²) in [6.45, 7) is 4.23. The van der Waals surface area contributed by atoms with Crippen LogP contribution in [0.5, 0.6) is 11.5 Å². The molecule has 1 heterocycles. The zero-order valence-electron chi connectivity index (χ0n) is 11.9. The van der Waals surface area contributed by atoms with E-state index in [1.54, 1.807) is 0 Å². The third kappa shape index (κ3) is 3.06. The van der Waals surface area contributed by atoms with Crippen molar-refractivity contribution < 1.29 is 9.47 Å². The SMILES string of the molecule is CCNC(c1ccc2c(c1)OCCO2)c1ccccc1Br. The molecule has 3 nitrogen and oxygen atoms in total. The fourth-order valence-electron chi connectivity index (χ4n) is 2.56. The van der Waals surface area contributed by atoms with Gasteiger partial charge in [0.25, 0.3) is 0 Å². The van der Waals surface area contributed by atoms with Gasteiger partial charge in [-0.1, -0.05) is 47.1 Å². The monoisotopic (exact) mass is 347 g/mol. The summed E-state index contributed by atoms with van der Waals surface area (Å²) in [5.74, 6) is 1.65. The van der Waals surface area contributed by atoms with E-state index in [0.717, 1.165) is 22.5 Å². The highest BCUT2D eigenvalue weighted by Gasteiger charge is 2.19. The van der Waals surface area contributed by atoms with E-state index in [1.165, 1.54) is 11.1 Å². The van der Waals surface area contributed by atoms with Gasteiger partial charge in [0.05, 0.1) is 6.04 Å². The highest BCUT2D eigenvalue weighted by Crippen LogP contribution is 2.35. The molecule has 1 atom stereocenters. The minimum absolute atomic E-state index is 0.126. The van der Waals surface area contributed by atoms with E-state index in [1.807, 2.05) is 12.1 Å². The third-order valence-corrected chi connectivity index (χ3v) is 4.25. The van der Waals surface area contributed by atoms with Crippen LogP contribution in [-0.2, 0) is 0 Å². The number of ether oxygens (including phenoxy) is 2. The molecule has 0 fully saturated rings. The van der Waals surface area contributed by atoms with Gasteiger partial charge in [0.1, 0.15) is 13.2 Å². The molecule has 0 aromatic heterocycles. The highest BCUT2D eigenvalue weighted by molar-refractivity contribution is 9.10. The summed E-state index contributed by atoms with van der Waals surface area (Å²) in [6.07, 6.45) is 0. The first-order valence-electron chi connectivity index (χ1n) is 7.17. The molecule has 3 rings (SSSR count). The van der Waals surface area contributed by atoms with Crippen molar-refractivity contribution in [1.82, 2.24) is 5.32 Å². The van der Waals surface area contributed by atoms with E-state index in [2.05, 4.69) is 58.5 Å². The van der Waals surface area contributed by atoms with Gasteiger partial charge in [-0.25, -0.2) is 0 Å². The largest absolute Gasteiger partial charge is 0.486 e. The fourth-order valence-corrected chi connectivity index (χ4v) is 3.07. The zero-order valence-corrected chi connectivity index (χ0v) is 13.5. The second kappa shape index (κ2) is 6.50. The van der Waals surface area contributed by atoms with Gasteiger partial charge in [-0.2, -0.15) is 0 Å². The summed E-state index contributed by atoms with van der Waals surface area (Å²) in [5, 5.41) is 3.54. The number of benzene rings is 2. The predicted octanol–water partition coefficient (Wildman–Crippen LogP) is 3.92. The number of nitrogens with one attached hydrogen (secondary N) is 1. The molecule has 0 amide bonds. The van der Waals surface area contributed by atoms with Crippen LogP contribution >= 0.6 is 15.9 Å². The van der Waals surface area contributed by atoms with Crippen molar-refractivity contribution in [3.8, 4) is 11.5 Å². The molecule has 0 saturated heterocycles. The summed E-state index contributed by atoms with van der Waals surface area (Å²) in [5.41, 5.74) is 2.39. The average Bonchev–Trinajstić information content (AvgIpc) is 2.53. The van der Waals surface area contributed by atoms with Crippen LogP contribution < -0.4 is 14.8 Å². The molecule has 1 aliphatic rings. The molecule has 1 aliphatic heterocycles.